The molecule has 0 radical (unpaired) electrons. The van der Waals surface area contributed by atoms with Crippen LogP contribution in [0.4, 0.5) is 0 Å². The summed E-state index contributed by atoms with van der Waals surface area (Å²) in [6.45, 7) is 4.94. The Labute approximate surface area is 128 Å². The fraction of sp³-hybridized carbons (Fsp3) is 0.842. The summed E-state index contributed by atoms with van der Waals surface area (Å²) >= 11 is 0. The topological polar surface area (TPSA) is 32.6 Å². The highest BCUT2D eigenvalue weighted by Gasteiger charge is 2.57. The second-order valence-electron chi connectivity index (χ2n) is 8.50. The van der Waals surface area contributed by atoms with Crippen molar-refractivity contribution in [2.75, 3.05) is 0 Å². The van der Waals surface area contributed by atoms with Crippen LogP contribution in [0.25, 0.3) is 0 Å². The van der Waals surface area contributed by atoms with Crippen LogP contribution in [-0.4, -0.2) is 10.9 Å². The first-order valence-corrected chi connectivity index (χ1v) is 9.00. The molecule has 3 saturated carbocycles. The number of fused-ring (bicyclic) bond motifs is 5. The molecule has 0 unspecified atom stereocenters. The molecule has 0 amide bonds. The van der Waals surface area contributed by atoms with E-state index in [0.29, 0.717) is 5.41 Å². The average molecular weight is 287 g/mol. The van der Waals surface area contributed by atoms with E-state index in [1.165, 1.54) is 51.4 Å². The molecule has 3 fully saturated rings. The molecule has 4 rings (SSSR count). The molecular formula is C19H29NO. The van der Waals surface area contributed by atoms with E-state index in [1.54, 1.807) is 5.57 Å². The van der Waals surface area contributed by atoms with Crippen LogP contribution in [0, 0.1) is 28.6 Å². The molecule has 0 aliphatic heterocycles. The Morgan fingerprint density at radius 1 is 1.05 bits per heavy atom. The highest BCUT2D eigenvalue weighted by atomic mass is 16.4. The Kier molecular flexibility index (Phi) is 3.03. The Bertz CT molecular complexity index is 508. The lowest BCUT2D eigenvalue weighted by atomic mass is 9.47. The summed E-state index contributed by atoms with van der Waals surface area (Å²) < 4.78 is 0. The maximum absolute atomic E-state index is 9.38. The quantitative estimate of drug-likeness (QED) is 0.372. The second kappa shape index (κ2) is 4.60. The Hall–Kier alpha value is -0.790. The first-order valence-electron chi connectivity index (χ1n) is 9.00. The van der Waals surface area contributed by atoms with Crippen LogP contribution in [0.1, 0.15) is 71.6 Å². The number of rotatable bonds is 0. The summed E-state index contributed by atoms with van der Waals surface area (Å²) in [6.07, 6.45) is 14.2. The Morgan fingerprint density at radius 2 is 1.86 bits per heavy atom. The molecule has 0 aromatic rings. The zero-order valence-corrected chi connectivity index (χ0v) is 13.6. The molecule has 2 heteroatoms. The van der Waals surface area contributed by atoms with E-state index in [-0.39, 0.29) is 5.41 Å². The zero-order valence-electron chi connectivity index (χ0n) is 13.6. The lowest BCUT2D eigenvalue weighted by Gasteiger charge is -2.57. The number of allylic oxidation sites excluding steroid dienone is 2. The lowest BCUT2D eigenvalue weighted by molar-refractivity contribution is -0.0190. The third-order valence-electron chi connectivity index (χ3n) is 7.89. The Morgan fingerprint density at radius 3 is 2.67 bits per heavy atom. The molecule has 0 aromatic carbocycles. The summed E-state index contributed by atoms with van der Waals surface area (Å²) in [5, 5.41) is 13.1. The first kappa shape index (κ1) is 13.8. The van der Waals surface area contributed by atoms with E-state index in [2.05, 4.69) is 25.1 Å². The Balaban J connectivity index is 1.69. The molecule has 116 valence electrons. The van der Waals surface area contributed by atoms with Crippen molar-refractivity contribution in [3.05, 3.63) is 11.6 Å². The summed E-state index contributed by atoms with van der Waals surface area (Å²) in [6, 6.07) is 0. The largest absolute Gasteiger partial charge is 0.411 e. The number of oxime groups is 1. The third-order valence-corrected chi connectivity index (χ3v) is 7.89. The van der Waals surface area contributed by atoms with Gasteiger partial charge in [-0.25, -0.2) is 0 Å². The summed E-state index contributed by atoms with van der Waals surface area (Å²) in [5.41, 5.74) is 3.57. The van der Waals surface area contributed by atoms with Crippen molar-refractivity contribution in [2.45, 2.75) is 71.6 Å². The van der Waals surface area contributed by atoms with Gasteiger partial charge >= 0.3 is 0 Å². The SMILES string of the molecule is C[C@]12CCCC=C1CC[C@@H]1[C@@H]2CC[C@]2(C)C(=NO)CC[C@@H]12. The molecule has 0 saturated heterocycles. The van der Waals surface area contributed by atoms with Crippen molar-refractivity contribution in [3.8, 4) is 0 Å². The van der Waals surface area contributed by atoms with E-state index >= 15 is 0 Å². The number of hydrogen-bond donors (Lipinski definition) is 1. The molecule has 0 aromatic heterocycles. The van der Waals surface area contributed by atoms with Crippen LogP contribution in [0.15, 0.2) is 16.8 Å². The predicted molar refractivity (Wildman–Crippen MR) is 85.5 cm³/mol. The van der Waals surface area contributed by atoms with Crippen molar-refractivity contribution >= 4 is 5.71 Å². The van der Waals surface area contributed by atoms with Gasteiger partial charge in [-0.3, -0.25) is 0 Å². The fourth-order valence-electron chi connectivity index (χ4n) is 6.71. The van der Waals surface area contributed by atoms with Crippen LogP contribution in [0.2, 0.25) is 0 Å². The summed E-state index contributed by atoms with van der Waals surface area (Å²) in [7, 11) is 0. The van der Waals surface area contributed by atoms with Crippen LogP contribution < -0.4 is 0 Å². The highest BCUT2D eigenvalue weighted by Crippen LogP contribution is 2.64. The lowest BCUT2D eigenvalue weighted by Crippen LogP contribution is -2.50. The minimum Gasteiger partial charge on any atom is -0.411 e. The smallest absolute Gasteiger partial charge is 0.0632 e. The molecule has 1 N–H and O–H groups in total. The second-order valence-corrected chi connectivity index (χ2v) is 8.50. The molecule has 4 aliphatic carbocycles. The van der Waals surface area contributed by atoms with Crippen LogP contribution in [0.5, 0.6) is 0 Å². The van der Waals surface area contributed by atoms with Crippen LogP contribution in [-0.2, 0) is 0 Å². The van der Waals surface area contributed by atoms with E-state index in [9.17, 15) is 5.21 Å². The minimum absolute atomic E-state index is 0.197. The van der Waals surface area contributed by atoms with Gasteiger partial charge in [0.1, 0.15) is 0 Å². The van der Waals surface area contributed by atoms with Crippen molar-refractivity contribution in [2.24, 2.45) is 33.7 Å². The van der Waals surface area contributed by atoms with Gasteiger partial charge in [0, 0.05) is 5.41 Å². The highest BCUT2D eigenvalue weighted by molar-refractivity contribution is 5.91. The van der Waals surface area contributed by atoms with E-state index < -0.39 is 0 Å². The van der Waals surface area contributed by atoms with Crippen molar-refractivity contribution < 1.29 is 5.21 Å². The number of nitrogens with zero attached hydrogens (tertiary/aromatic N) is 1. The van der Waals surface area contributed by atoms with Gasteiger partial charge in [0.05, 0.1) is 5.71 Å². The molecule has 2 nitrogen and oxygen atoms in total. The van der Waals surface area contributed by atoms with Crippen LogP contribution in [0.3, 0.4) is 0 Å². The molecule has 0 bridgehead atoms. The fourth-order valence-corrected chi connectivity index (χ4v) is 6.71. The maximum atomic E-state index is 9.38. The minimum atomic E-state index is 0.197. The summed E-state index contributed by atoms with van der Waals surface area (Å²) in [5.74, 6) is 2.51. The van der Waals surface area contributed by atoms with Crippen molar-refractivity contribution in [1.29, 1.82) is 0 Å². The molecular weight excluding hydrogens is 258 g/mol. The van der Waals surface area contributed by atoms with Gasteiger partial charge in [0.2, 0.25) is 0 Å². The molecule has 21 heavy (non-hydrogen) atoms. The first-order chi connectivity index (χ1) is 10.1. The van der Waals surface area contributed by atoms with E-state index in [0.717, 1.165) is 29.9 Å². The van der Waals surface area contributed by atoms with Gasteiger partial charge in [-0.05, 0) is 81.0 Å². The molecule has 0 spiro atoms. The molecule has 0 heterocycles. The monoisotopic (exact) mass is 287 g/mol. The molecule has 4 aliphatic rings. The van der Waals surface area contributed by atoms with Gasteiger partial charge in [0.25, 0.3) is 0 Å². The van der Waals surface area contributed by atoms with Crippen molar-refractivity contribution in [1.82, 2.24) is 0 Å². The van der Waals surface area contributed by atoms with Gasteiger partial charge < -0.3 is 5.21 Å². The standard InChI is InChI=1S/C19H29NO/c1-18-11-4-3-5-13(18)6-7-14-15-8-9-17(20-21)19(15,2)12-10-16(14)18/h5,14-16,21H,3-4,6-12H2,1-2H3/t14-,15-,16-,18-,19-/m0/s1. The third kappa shape index (κ3) is 1.74. The van der Waals surface area contributed by atoms with Crippen molar-refractivity contribution in [3.63, 3.8) is 0 Å². The normalized spacial score (nSPS) is 51.0. The van der Waals surface area contributed by atoms with E-state index in [1.807, 2.05) is 0 Å². The summed E-state index contributed by atoms with van der Waals surface area (Å²) in [4.78, 5) is 0. The van der Waals surface area contributed by atoms with Gasteiger partial charge in [-0.15, -0.1) is 0 Å². The average Bonchev–Trinajstić information content (AvgIpc) is 2.83. The van der Waals surface area contributed by atoms with Gasteiger partial charge in [-0.2, -0.15) is 0 Å². The molecule has 5 atom stereocenters. The maximum Gasteiger partial charge on any atom is 0.0632 e. The zero-order chi connectivity index (χ0) is 14.7. The number of hydrogen-bond acceptors (Lipinski definition) is 2. The van der Waals surface area contributed by atoms with Gasteiger partial charge in [0.15, 0.2) is 0 Å². The van der Waals surface area contributed by atoms with E-state index in [4.69, 9.17) is 0 Å². The predicted octanol–water partition coefficient (Wildman–Crippen LogP) is 5.17. The van der Waals surface area contributed by atoms with Gasteiger partial charge in [-0.1, -0.05) is 30.7 Å². The van der Waals surface area contributed by atoms with Crippen LogP contribution >= 0.6 is 0 Å².